The first-order chi connectivity index (χ1) is 63.1. The van der Waals surface area contributed by atoms with Gasteiger partial charge in [0.2, 0.25) is 11.9 Å². The minimum absolute atomic E-state index is 0.0459. The molecular formula is C90H148N23O15P5S2. The first-order valence-electron chi connectivity index (χ1n) is 45.7. The summed E-state index contributed by atoms with van der Waals surface area (Å²) < 4.78 is 38.9. The smallest absolute Gasteiger partial charge is 0.204 e. The number of fused-ring (bicyclic) bond motifs is 5. The summed E-state index contributed by atoms with van der Waals surface area (Å²) in [5.41, 5.74) is 43.7. The topological polar surface area (TPSA) is 583 Å². The van der Waals surface area contributed by atoms with E-state index in [1.54, 1.807) is 100 Å². The van der Waals surface area contributed by atoms with Crippen LogP contribution in [-0.2, 0) is 23.7 Å². The molecule has 0 aromatic carbocycles. The fourth-order valence-corrected chi connectivity index (χ4v) is 29.7. The number of imidazole rings is 5. The quantitative estimate of drug-likeness (QED) is 0.0114. The molecule has 5 saturated heterocycles. The highest BCUT2D eigenvalue weighted by Gasteiger charge is 2.53. The maximum atomic E-state index is 10.9. The summed E-state index contributed by atoms with van der Waals surface area (Å²) >= 11 is 3.21. The average molecular weight is 2010 g/mol. The Kier molecular flexibility index (Phi) is 35.9. The molecule has 0 radical (unpaired) electrons. The van der Waals surface area contributed by atoms with Crippen LogP contribution in [-0.4, -0.2) is 368 Å². The van der Waals surface area contributed by atoms with Crippen LogP contribution in [0, 0.1) is 36.5 Å². The number of thioether (sulfide) groups is 2. The molecule has 0 bridgehead atoms. The fraction of sp³-hybridized carbons (Fsp3) is 0.622. The molecule has 38 nitrogen and oxygen atoms in total. The van der Waals surface area contributed by atoms with Gasteiger partial charge in [0.25, 0.3) is 0 Å². The number of nitrogens with one attached hydrogen (secondary N) is 1. The molecule has 0 aliphatic carbocycles. The van der Waals surface area contributed by atoms with Crippen LogP contribution in [0.5, 0.6) is 0 Å². The predicted octanol–water partition coefficient (Wildman–Crippen LogP) is 8.39. The largest absolute Gasteiger partial charge is 0.397 e. The van der Waals surface area contributed by atoms with Crippen molar-refractivity contribution in [3.63, 3.8) is 0 Å². The number of aromatic nitrogens is 16. The number of aliphatic hydroxyl groups excluding tert-OH is 10. The molecule has 0 saturated carbocycles. The molecule has 25 atom stereocenters. The molecule has 135 heavy (non-hydrogen) atoms. The highest BCUT2D eigenvalue weighted by molar-refractivity contribution is 7.99. The number of aryl methyl sites for hydroxylation is 1. The third-order valence-corrected chi connectivity index (χ3v) is 34.2. The Morgan fingerprint density at radius 2 is 0.667 bits per heavy atom. The van der Waals surface area contributed by atoms with Gasteiger partial charge in [-0.1, -0.05) is 91.3 Å². The normalized spacial score (nSPS) is 27.3. The number of unbranched alkanes of at least 4 members (excludes halogenated alkanes) is 3. The van der Waals surface area contributed by atoms with Crippen molar-refractivity contribution in [1.82, 2.24) is 77.7 Å². The van der Waals surface area contributed by atoms with Gasteiger partial charge >= 0.3 is 0 Å². The van der Waals surface area contributed by atoms with Crippen LogP contribution in [0.25, 0.3) is 55.8 Å². The lowest BCUT2D eigenvalue weighted by atomic mass is 10.0. The maximum absolute atomic E-state index is 10.9. The lowest BCUT2D eigenvalue weighted by molar-refractivity contribution is -0.0527. The van der Waals surface area contributed by atoms with E-state index in [0.717, 1.165) is 80.1 Å². The van der Waals surface area contributed by atoms with Crippen molar-refractivity contribution < 1.29 is 74.7 Å². The zero-order valence-corrected chi connectivity index (χ0v) is 87.4. The number of hydrogen-bond acceptors (Lipinski definition) is 35. The van der Waals surface area contributed by atoms with Crippen molar-refractivity contribution in [2.24, 2.45) is 29.6 Å². The monoisotopic (exact) mass is 2010 g/mol. The zero-order valence-electron chi connectivity index (χ0n) is 81.3. The highest BCUT2D eigenvalue weighted by atomic mass is 32.2. The number of ether oxygens (including phenoxy) is 5. The van der Waals surface area contributed by atoms with Gasteiger partial charge in [0.15, 0.2) is 75.5 Å². The van der Waals surface area contributed by atoms with Crippen LogP contribution in [0.3, 0.4) is 0 Å². The highest BCUT2D eigenvalue weighted by Crippen LogP contribution is 2.51. The van der Waals surface area contributed by atoms with Crippen LogP contribution < -0.4 is 39.7 Å². The maximum Gasteiger partial charge on any atom is 0.204 e. The van der Waals surface area contributed by atoms with Crippen molar-refractivity contribution >= 4 is 186 Å². The second-order valence-electron chi connectivity index (χ2n) is 40.3. The molecule has 750 valence electrons. The molecule has 23 N–H and O–H groups in total. The molecule has 15 rings (SSSR count). The SMILES string of the molecule is C=P(C)(C)CC(C)[C@H]1O[C@@H](n2c(N)nc3c(N)ccnc32)[C@H](O)[C@@H]1O.C=P(C)(C)CC(C)[C@H]1O[C@@H](n2c(N)nc3c(NC)ccnc32)[C@H](O)[C@@H]1O.C=P(C)(C)CC(C)[C@H]1O[C@@H](n2c(SCCCC)nc3c(N)ccnc32)[C@H](O)[C@@H]1O.C=P(C)(C)CC(C)[C@H]1O[C@@H](n2c(SCCCCC)nc3c(N)ccnc32)[C@H](O)[C@@H]1O.C=P(C)(C)CC(C)[C@H]1O[C@@H](n2cnc3c(N)nc(C)nc32)[C@H](O)[C@@H]1O. The van der Waals surface area contributed by atoms with Crippen LogP contribution in [0.4, 0.5) is 40.5 Å². The molecule has 10 aromatic heterocycles. The van der Waals surface area contributed by atoms with E-state index in [-0.39, 0.29) is 47.3 Å². The van der Waals surface area contributed by atoms with Gasteiger partial charge in [0.05, 0.1) is 59.6 Å². The van der Waals surface area contributed by atoms with Gasteiger partial charge in [-0.3, -0.25) is 22.8 Å². The van der Waals surface area contributed by atoms with Gasteiger partial charge in [0, 0.05) is 43.3 Å². The van der Waals surface area contributed by atoms with Gasteiger partial charge in [-0.2, -0.15) is 0 Å². The summed E-state index contributed by atoms with van der Waals surface area (Å²) in [5, 5.41) is 111. The number of anilines is 7. The van der Waals surface area contributed by atoms with E-state index >= 15 is 0 Å². The van der Waals surface area contributed by atoms with Crippen LogP contribution in [0.2, 0.25) is 0 Å². The Balaban J connectivity index is 0.000000163. The Hall–Kier alpha value is -6.77. The zero-order chi connectivity index (χ0) is 99.7. The summed E-state index contributed by atoms with van der Waals surface area (Å²) in [6.45, 7) is 31.2. The summed E-state index contributed by atoms with van der Waals surface area (Å²) in [6, 6.07) is 6.86. The van der Waals surface area contributed by atoms with E-state index in [4.69, 9.17) is 63.1 Å². The molecule has 10 aromatic rings. The minimum Gasteiger partial charge on any atom is -0.397 e. The van der Waals surface area contributed by atoms with Crippen molar-refractivity contribution in [1.29, 1.82) is 0 Å². The number of nitrogens with zero attached hydrogens (tertiary/aromatic N) is 16. The molecular weight excluding hydrogens is 1860 g/mol. The first kappa shape index (κ1) is 109. The lowest BCUT2D eigenvalue weighted by Gasteiger charge is -2.26. The Labute approximate surface area is 800 Å². The number of rotatable bonds is 30. The molecule has 5 aliphatic heterocycles. The molecule has 0 amide bonds. The molecule has 5 aliphatic rings. The first-order valence-corrected chi connectivity index (χ1v) is 62.9. The molecule has 15 heterocycles. The van der Waals surface area contributed by atoms with E-state index in [1.165, 1.54) is 10.9 Å². The van der Waals surface area contributed by atoms with Gasteiger partial charge in [0.1, 0.15) is 94.4 Å². The van der Waals surface area contributed by atoms with E-state index < -0.39 is 157 Å². The fourth-order valence-electron chi connectivity index (χ4n) is 18.7. The van der Waals surface area contributed by atoms with E-state index in [1.807, 2.05) is 25.3 Å². The van der Waals surface area contributed by atoms with E-state index in [9.17, 15) is 51.1 Å². The second-order valence-corrected chi connectivity index (χ2v) is 63.6. The van der Waals surface area contributed by atoms with Crippen LogP contribution in [0.15, 0.2) is 65.7 Å². The predicted molar refractivity (Wildman–Crippen MR) is 561 cm³/mol. The average Bonchev–Trinajstić information content (AvgIpc) is 1.61. The third-order valence-electron chi connectivity index (χ3n) is 24.3. The summed E-state index contributed by atoms with van der Waals surface area (Å²) in [6.07, 6.45) is 22.1. The minimum atomic E-state index is -1.30. The summed E-state index contributed by atoms with van der Waals surface area (Å²) in [7, 11) is 1.79. The van der Waals surface area contributed by atoms with Crippen LogP contribution in [0.1, 0.15) is 118 Å². The number of nitrogens with two attached hydrogens (primary N) is 6. The van der Waals surface area contributed by atoms with E-state index in [0.29, 0.717) is 89.0 Å². The van der Waals surface area contributed by atoms with Crippen LogP contribution >= 0.6 is 58.0 Å². The Morgan fingerprint density at radius 3 is 1.01 bits per heavy atom. The molecule has 45 heteroatoms. The summed E-state index contributed by atoms with van der Waals surface area (Å²) in [4.78, 5) is 48.2. The van der Waals surface area contributed by atoms with Crippen molar-refractivity contribution in [2.75, 3.05) is 156 Å². The standard InChI is InChI=1S/C21H35N4O3PS.C20H33N4O3PS.C17H28N5O3P.2C16H26N5O3P/c1-6-7-8-11-30-21-24-15-14(22)9-10-23-19(15)25(21)20-17(27)16(26)18(28-20)13(2)12-29(3,4)5;1-6-7-10-29-20-23-14-13(21)8-9-22-18(14)24(20)19-16(26)15(25)17(27-19)12(2)11-28(3,4)5;1-9(8-26(3,4)5)14-12(23)13(24)16(25-14)22-15-11(21-17(22)18)10(19-2)6-7-20-15;1-8(6-25(3,4)5)13-11(22)12(23)16(24-13)21-7-18-10-14(17)19-9(2)20-15(10)21;1-8(7-25(2,3)4)13-11(22)12(23)15(24-13)21-14-10(20-16(21)18)9(17)5-6-19-14/h9-10,13,16-18,20,26-27H,3,6-8,11-12H2,1-2,4-5H3,(H2,22,23);8-9,12,15-17,19,25-26H,3,6-7,10-11H2,1-2,4-5H3,(H2,21,22);6-7,9,12-14,16,23-24H,3,8H2,1-2,4-5H3,(H2,18,21)(H,19,20);7-8,11-13,16,22-23H,3,6H2,1-2,4-5H3,(H2,17,19,20);5-6,8,11-13,15,22-23H,2,7H2,1,3-4H3,(H2,17,19)(H2,18,20)/t13?,16-,17+,18+,20+;12?,15-,16+,17+,19+;9?,12-,13+,14+,16+;8?,11-,12+,13+,16+;8?,11-,12+,13+,15+/m00000/s1. The van der Waals surface area contributed by atoms with Gasteiger partial charge in [-0.05, 0) is 171 Å². The second kappa shape index (κ2) is 44.6. The molecule has 5 unspecified atom stereocenters. The van der Waals surface area contributed by atoms with E-state index in [2.05, 4.69) is 181 Å². The summed E-state index contributed by atoms with van der Waals surface area (Å²) in [5.74, 6) is 3.24. The van der Waals surface area contributed by atoms with Crippen molar-refractivity contribution in [2.45, 2.75) is 221 Å². The number of pyridine rings is 4. The Morgan fingerprint density at radius 1 is 0.370 bits per heavy atom. The van der Waals surface area contributed by atoms with Gasteiger partial charge < -0.3 is 114 Å². The van der Waals surface area contributed by atoms with Crippen molar-refractivity contribution in [3.05, 3.63) is 61.2 Å². The van der Waals surface area contributed by atoms with Crippen molar-refractivity contribution in [3.8, 4) is 0 Å². The molecule has 5 fully saturated rings. The number of hydrogen-bond donors (Lipinski definition) is 17. The Bertz CT molecular complexity index is 5980. The molecule has 0 spiro atoms. The lowest BCUT2D eigenvalue weighted by Crippen LogP contribution is -2.36. The van der Waals surface area contributed by atoms with Gasteiger partial charge in [-0.15, -0.1) is 65.9 Å². The number of aliphatic hydroxyl groups is 10. The number of nitrogen functional groups attached to an aromatic ring is 6. The van der Waals surface area contributed by atoms with Gasteiger partial charge in [-0.25, -0.2) is 54.8 Å². The third kappa shape index (κ3) is 25.4.